The van der Waals surface area contributed by atoms with Gasteiger partial charge in [-0.1, -0.05) is 55.0 Å². The maximum atomic E-state index is 5.97. The summed E-state index contributed by atoms with van der Waals surface area (Å²) in [5.74, 6) is 1.07. The summed E-state index contributed by atoms with van der Waals surface area (Å²) in [5, 5.41) is 0. The third-order valence-corrected chi connectivity index (χ3v) is 3.74. The Morgan fingerprint density at radius 2 is 1.62 bits per heavy atom. The third-order valence-electron chi connectivity index (χ3n) is 3.74. The maximum Gasteiger partial charge on any atom is 0.106 e. The van der Waals surface area contributed by atoms with Gasteiger partial charge in [0.15, 0.2) is 0 Å². The molecule has 96 valence electrons. The summed E-state index contributed by atoms with van der Waals surface area (Å²) in [5.41, 5.74) is 6.28. The summed E-state index contributed by atoms with van der Waals surface area (Å²) < 4.78 is 5.74. The topological polar surface area (TPSA) is 35.2 Å². The van der Waals surface area contributed by atoms with Gasteiger partial charge in [-0.3, -0.25) is 0 Å². The molecule has 0 aromatic heterocycles. The highest BCUT2D eigenvalue weighted by molar-refractivity contribution is 4.97. The second kappa shape index (κ2) is 5.22. The molecule has 0 aliphatic heterocycles. The fourth-order valence-corrected chi connectivity index (χ4v) is 0.958. The standard InChI is InChI=1S/C14H29NO/c1-10(2)12(15)11(3)16-9-14(7,8)13(4,5)6/h10,12H,3,9,15H2,1-2,4-8H3/t12-/m0/s1. The minimum Gasteiger partial charge on any atom is -0.496 e. The first-order valence-corrected chi connectivity index (χ1v) is 6.06. The Kier molecular flexibility index (Phi) is 5.06. The summed E-state index contributed by atoms with van der Waals surface area (Å²) in [6, 6.07) is -0.0734. The first-order valence-electron chi connectivity index (χ1n) is 6.06. The highest BCUT2D eigenvalue weighted by Gasteiger charge is 2.33. The zero-order chi connectivity index (χ0) is 13.1. The van der Waals surface area contributed by atoms with Gasteiger partial charge >= 0.3 is 0 Å². The van der Waals surface area contributed by atoms with Crippen LogP contribution in [0.25, 0.3) is 0 Å². The highest BCUT2D eigenvalue weighted by atomic mass is 16.5. The highest BCUT2D eigenvalue weighted by Crippen LogP contribution is 2.38. The molecule has 0 aromatic rings. The molecule has 0 rings (SSSR count). The van der Waals surface area contributed by atoms with Crippen molar-refractivity contribution >= 4 is 0 Å². The molecule has 2 N–H and O–H groups in total. The second-order valence-corrected chi connectivity index (χ2v) is 6.66. The molecule has 16 heavy (non-hydrogen) atoms. The number of ether oxygens (including phenoxy) is 1. The van der Waals surface area contributed by atoms with Crippen LogP contribution in [0, 0.1) is 16.7 Å². The van der Waals surface area contributed by atoms with Crippen molar-refractivity contribution in [3.8, 4) is 0 Å². The van der Waals surface area contributed by atoms with E-state index in [1.807, 2.05) is 0 Å². The van der Waals surface area contributed by atoms with Crippen LogP contribution in [0.1, 0.15) is 48.5 Å². The normalized spacial score (nSPS) is 15.1. The van der Waals surface area contributed by atoms with E-state index in [2.05, 4.69) is 55.0 Å². The van der Waals surface area contributed by atoms with E-state index >= 15 is 0 Å². The maximum absolute atomic E-state index is 5.97. The van der Waals surface area contributed by atoms with Crippen molar-refractivity contribution < 1.29 is 4.74 Å². The Balaban J connectivity index is 4.31. The van der Waals surface area contributed by atoms with Gasteiger partial charge in [-0.2, -0.15) is 0 Å². The van der Waals surface area contributed by atoms with E-state index in [1.54, 1.807) is 0 Å². The van der Waals surface area contributed by atoms with Crippen LogP contribution in [0.3, 0.4) is 0 Å². The van der Waals surface area contributed by atoms with E-state index in [0.29, 0.717) is 18.3 Å². The Morgan fingerprint density at radius 3 is 1.94 bits per heavy atom. The molecule has 0 aliphatic rings. The van der Waals surface area contributed by atoms with Crippen molar-refractivity contribution in [3.63, 3.8) is 0 Å². The van der Waals surface area contributed by atoms with Gasteiger partial charge in [0.1, 0.15) is 5.76 Å². The summed E-state index contributed by atoms with van der Waals surface area (Å²) >= 11 is 0. The molecule has 0 aliphatic carbocycles. The van der Waals surface area contributed by atoms with Crippen molar-refractivity contribution in [1.82, 2.24) is 0 Å². The molecule has 0 aromatic carbocycles. The van der Waals surface area contributed by atoms with E-state index in [4.69, 9.17) is 10.5 Å². The third kappa shape index (κ3) is 4.17. The number of nitrogens with two attached hydrogens (primary N) is 1. The summed E-state index contributed by atoms with van der Waals surface area (Å²) in [6.45, 7) is 19.8. The molecule has 0 bridgehead atoms. The van der Waals surface area contributed by atoms with Crippen molar-refractivity contribution in [3.05, 3.63) is 12.3 Å². The molecule has 0 spiro atoms. The molecule has 0 amide bonds. The quantitative estimate of drug-likeness (QED) is 0.729. The monoisotopic (exact) mass is 227 g/mol. The largest absolute Gasteiger partial charge is 0.496 e. The molecule has 0 radical (unpaired) electrons. The molecular weight excluding hydrogens is 198 g/mol. The van der Waals surface area contributed by atoms with Crippen LogP contribution in [0.5, 0.6) is 0 Å². The fourth-order valence-electron chi connectivity index (χ4n) is 0.958. The average molecular weight is 227 g/mol. The zero-order valence-electron chi connectivity index (χ0n) is 12.1. The van der Waals surface area contributed by atoms with Crippen LogP contribution in [0.15, 0.2) is 12.3 Å². The van der Waals surface area contributed by atoms with E-state index < -0.39 is 0 Å². The molecular formula is C14H29NO. The molecule has 2 nitrogen and oxygen atoms in total. The Bertz CT molecular complexity index is 236. The van der Waals surface area contributed by atoms with Crippen LogP contribution < -0.4 is 5.73 Å². The molecule has 0 heterocycles. The predicted molar refractivity (Wildman–Crippen MR) is 71.1 cm³/mol. The lowest BCUT2D eigenvalue weighted by Crippen LogP contribution is -2.36. The van der Waals surface area contributed by atoms with Gasteiger partial charge in [0.05, 0.1) is 12.6 Å². The predicted octanol–water partition coefficient (Wildman–Crippen LogP) is 3.57. The van der Waals surface area contributed by atoms with Crippen LogP contribution in [-0.2, 0) is 4.74 Å². The van der Waals surface area contributed by atoms with Crippen LogP contribution in [-0.4, -0.2) is 12.6 Å². The number of hydrogen-bond acceptors (Lipinski definition) is 2. The fraction of sp³-hybridized carbons (Fsp3) is 0.857. The lowest BCUT2D eigenvalue weighted by atomic mass is 9.70. The average Bonchev–Trinajstić information content (AvgIpc) is 2.11. The Labute approximate surface area is 101 Å². The van der Waals surface area contributed by atoms with Crippen molar-refractivity contribution in [2.75, 3.05) is 6.61 Å². The van der Waals surface area contributed by atoms with Crippen molar-refractivity contribution in [1.29, 1.82) is 0 Å². The smallest absolute Gasteiger partial charge is 0.106 e. The SMILES string of the molecule is C=C(OCC(C)(C)C(C)(C)C)[C@@H](N)C(C)C. The Hall–Kier alpha value is -0.500. The van der Waals surface area contributed by atoms with E-state index in [1.165, 1.54) is 0 Å². The molecule has 2 heteroatoms. The first kappa shape index (κ1) is 15.5. The van der Waals surface area contributed by atoms with Gasteiger partial charge in [0, 0.05) is 5.41 Å². The van der Waals surface area contributed by atoms with Gasteiger partial charge < -0.3 is 10.5 Å². The molecule has 1 atom stereocenters. The minimum absolute atomic E-state index is 0.0734. The zero-order valence-corrected chi connectivity index (χ0v) is 12.1. The number of rotatable bonds is 5. The first-order chi connectivity index (χ1) is 6.99. The van der Waals surface area contributed by atoms with Gasteiger partial charge in [0.25, 0.3) is 0 Å². The summed E-state index contributed by atoms with van der Waals surface area (Å²) in [6.07, 6.45) is 0. The molecule has 0 unspecified atom stereocenters. The summed E-state index contributed by atoms with van der Waals surface area (Å²) in [4.78, 5) is 0. The summed E-state index contributed by atoms with van der Waals surface area (Å²) in [7, 11) is 0. The van der Waals surface area contributed by atoms with Crippen molar-refractivity contribution in [2.45, 2.75) is 54.5 Å². The molecule has 0 saturated carbocycles. The van der Waals surface area contributed by atoms with Crippen LogP contribution in [0.4, 0.5) is 0 Å². The van der Waals surface area contributed by atoms with E-state index in [9.17, 15) is 0 Å². The van der Waals surface area contributed by atoms with Crippen LogP contribution >= 0.6 is 0 Å². The lowest BCUT2D eigenvalue weighted by molar-refractivity contribution is 0.0237. The van der Waals surface area contributed by atoms with Crippen LogP contribution in [0.2, 0.25) is 0 Å². The van der Waals surface area contributed by atoms with Gasteiger partial charge in [-0.05, 0) is 11.3 Å². The van der Waals surface area contributed by atoms with Gasteiger partial charge in [0.2, 0.25) is 0 Å². The molecule has 0 saturated heterocycles. The lowest BCUT2D eigenvalue weighted by Gasteiger charge is -2.39. The second-order valence-electron chi connectivity index (χ2n) is 6.66. The minimum atomic E-state index is -0.0734. The van der Waals surface area contributed by atoms with Gasteiger partial charge in [-0.25, -0.2) is 0 Å². The van der Waals surface area contributed by atoms with Gasteiger partial charge in [-0.15, -0.1) is 0 Å². The molecule has 0 fully saturated rings. The Morgan fingerprint density at radius 1 is 1.19 bits per heavy atom. The van der Waals surface area contributed by atoms with E-state index in [-0.39, 0.29) is 16.9 Å². The number of hydrogen-bond donors (Lipinski definition) is 1. The van der Waals surface area contributed by atoms with Crippen molar-refractivity contribution in [2.24, 2.45) is 22.5 Å². The van der Waals surface area contributed by atoms with E-state index in [0.717, 1.165) is 0 Å².